The molecular formula is C12H28IN. The van der Waals surface area contributed by atoms with Gasteiger partial charge in [-0.2, -0.15) is 0 Å². The summed E-state index contributed by atoms with van der Waals surface area (Å²) < 4.78 is 1.34. The molecule has 0 heterocycles. The summed E-state index contributed by atoms with van der Waals surface area (Å²) in [6.45, 7) is 2.28. The van der Waals surface area contributed by atoms with E-state index in [-0.39, 0.29) is 6.15 Å². The molecular weight excluding hydrogens is 285 g/mol. The second-order valence-corrected chi connectivity index (χ2v) is 4.95. The molecule has 0 saturated heterocycles. The number of unbranched alkanes of at least 4 members (excludes halogenated alkanes) is 9. The summed E-state index contributed by atoms with van der Waals surface area (Å²) in [5, 5.41) is 0. The lowest BCUT2D eigenvalue weighted by molar-refractivity contribution is 0.563. The Hall–Kier alpha value is 0.690. The molecule has 0 unspecified atom stereocenters. The van der Waals surface area contributed by atoms with E-state index in [9.17, 15) is 0 Å². The van der Waals surface area contributed by atoms with Gasteiger partial charge in [-0.3, -0.25) is 0 Å². The Labute approximate surface area is 104 Å². The van der Waals surface area contributed by atoms with Gasteiger partial charge < -0.3 is 6.15 Å². The van der Waals surface area contributed by atoms with Gasteiger partial charge in [0, 0.05) is 0 Å². The minimum Gasteiger partial charge on any atom is -0.344 e. The number of alkyl halides is 1. The molecule has 0 atom stereocenters. The molecule has 1 nitrogen and oxygen atoms in total. The molecule has 0 aromatic carbocycles. The van der Waals surface area contributed by atoms with Crippen LogP contribution in [0, 0.1) is 0 Å². The third kappa shape index (κ3) is 15.2. The zero-order valence-electron chi connectivity index (χ0n) is 9.86. The van der Waals surface area contributed by atoms with Gasteiger partial charge in [-0.1, -0.05) is 87.3 Å². The van der Waals surface area contributed by atoms with Gasteiger partial charge in [0.1, 0.15) is 0 Å². The SMILES string of the molecule is CCCCCCCCCCCCI.N. The van der Waals surface area contributed by atoms with Crippen LogP contribution in [-0.2, 0) is 0 Å². The first-order valence-electron chi connectivity index (χ1n) is 5.97. The van der Waals surface area contributed by atoms with Crippen molar-refractivity contribution >= 4 is 22.6 Å². The van der Waals surface area contributed by atoms with E-state index in [0.29, 0.717) is 0 Å². The molecule has 88 valence electrons. The van der Waals surface area contributed by atoms with Crippen LogP contribution < -0.4 is 6.15 Å². The molecule has 0 aliphatic rings. The zero-order valence-corrected chi connectivity index (χ0v) is 12.0. The van der Waals surface area contributed by atoms with Crippen molar-refractivity contribution in [1.29, 1.82) is 0 Å². The molecule has 0 aliphatic carbocycles. The minimum atomic E-state index is 0. The van der Waals surface area contributed by atoms with Crippen molar-refractivity contribution in [3.05, 3.63) is 0 Å². The molecule has 3 N–H and O–H groups in total. The Morgan fingerprint density at radius 3 is 1.36 bits per heavy atom. The van der Waals surface area contributed by atoms with E-state index in [1.807, 2.05) is 0 Å². The van der Waals surface area contributed by atoms with Crippen molar-refractivity contribution in [2.75, 3.05) is 4.43 Å². The molecule has 0 aromatic rings. The first kappa shape index (κ1) is 17.1. The molecule has 0 amide bonds. The quantitative estimate of drug-likeness (QED) is 0.322. The molecule has 0 bridgehead atoms. The Balaban J connectivity index is 0. The number of hydrogen-bond acceptors (Lipinski definition) is 1. The fraction of sp³-hybridized carbons (Fsp3) is 1.00. The standard InChI is InChI=1S/C12H25I.H3N/c1-2-3-4-5-6-7-8-9-10-11-12-13;/h2-12H2,1H3;1H3. The van der Waals surface area contributed by atoms with Gasteiger partial charge >= 0.3 is 0 Å². The maximum absolute atomic E-state index is 2.47. The summed E-state index contributed by atoms with van der Waals surface area (Å²) >= 11 is 2.47. The lowest BCUT2D eigenvalue weighted by Gasteiger charge is -2.00. The summed E-state index contributed by atoms with van der Waals surface area (Å²) in [5.74, 6) is 0. The predicted octanol–water partition coefficient (Wildman–Crippen LogP) is 5.50. The lowest BCUT2D eigenvalue weighted by Crippen LogP contribution is -1.81. The van der Waals surface area contributed by atoms with Gasteiger partial charge in [0.2, 0.25) is 0 Å². The fourth-order valence-corrected chi connectivity index (χ4v) is 2.12. The van der Waals surface area contributed by atoms with E-state index in [0.717, 1.165) is 0 Å². The first-order valence-corrected chi connectivity index (χ1v) is 7.50. The Bertz CT molecular complexity index is 76.4. The fourth-order valence-electron chi connectivity index (χ4n) is 1.58. The van der Waals surface area contributed by atoms with Crippen LogP contribution in [-0.4, -0.2) is 4.43 Å². The van der Waals surface area contributed by atoms with Crippen molar-refractivity contribution in [1.82, 2.24) is 6.15 Å². The summed E-state index contributed by atoms with van der Waals surface area (Å²) in [7, 11) is 0. The van der Waals surface area contributed by atoms with Gasteiger partial charge in [-0.05, 0) is 10.8 Å². The summed E-state index contributed by atoms with van der Waals surface area (Å²) in [6, 6.07) is 0. The van der Waals surface area contributed by atoms with Gasteiger partial charge in [-0.25, -0.2) is 0 Å². The summed E-state index contributed by atoms with van der Waals surface area (Å²) in [4.78, 5) is 0. The van der Waals surface area contributed by atoms with Crippen molar-refractivity contribution in [2.45, 2.75) is 71.1 Å². The van der Waals surface area contributed by atoms with Crippen LogP contribution in [0.25, 0.3) is 0 Å². The average Bonchev–Trinajstić information content (AvgIpc) is 2.16. The topological polar surface area (TPSA) is 35.0 Å². The monoisotopic (exact) mass is 313 g/mol. The lowest BCUT2D eigenvalue weighted by atomic mass is 10.1. The van der Waals surface area contributed by atoms with Crippen LogP contribution in [0.4, 0.5) is 0 Å². The number of rotatable bonds is 10. The normalized spacial score (nSPS) is 9.86. The smallest absolute Gasteiger partial charge is 0.000473 e. The highest BCUT2D eigenvalue weighted by atomic mass is 127. The molecule has 14 heavy (non-hydrogen) atoms. The Morgan fingerprint density at radius 2 is 1.00 bits per heavy atom. The van der Waals surface area contributed by atoms with Crippen LogP contribution in [0.2, 0.25) is 0 Å². The number of hydrogen-bond donors (Lipinski definition) is 1. The third-order valence-corrected chi connectivity index (χ3v) is 3.25. The van der Waals surface area contributed by atoms with E-state index in [1.165, 1.54) is 68.6 Å². The van der Waals surface area contributed by atoms with Crippen molar-refractivity contribution in [3.63, 3.8) is 0 Å². The van der Waals surface area contributed by atoms with Gasteiger partial charge in [0.25, 0.3) is 0 Å². The molecule has 0 aromatic heterocycles. The largest absolute Gasteiger partial charge is 0.344 e. The minimum absolute atomic E-state index is 0. The highest BCUT2D eigenvalue weighted by molar-refractivity contribution is 14.1. The van der Waals surface area contributed by atoms with Crippen LogP contribution in [0.3, 0.4) is 0 Å². The van der Waals surface area contributed by atoms with E-state index in [2.05, 4.69) is 29.5 Å². The highest BCUT2D eigenvalue weighted by Gasteiger charge is 1.91. The van der Waals surface area contributed by atoms with Crippen molar-refractivity contribution in [3.8, 4) is 0 Å². The van der Waals surface area contributed by atoms with Gasteiger partial charge in [0.15, 0.2) is 0 Å². The van der Waals surface area contributed by atoms with E-state index >= 15 is 0 Å². The molecule has 0 rings (SSSR count). The zero-order chi connectivity index (χ0) is 9.78. The van der Waals surface area contributed by atoms with Crippen LogP contribution in [0.1, 0.15) is 71.1 Å². The molecule has 0 fully saturated rings. The second-order valence-electron chi connectivity index (χ2n) is 3.87. The second kappa shape index (κ2) is 16.1. The van der Waals surface area contributed by atoms with Gasteiger partial charge in [-0.15, -0.1) is 0 Å². The van der Waals surface area contributed by atoms with Crippen molar-refractivity contribution < 1.29 is 0 Å². The predicted molar refractivity (Wildman–Crippen MR) is 75.8 cm³/mol. The Morgan fingerprint density at radius 1 is 0.643 bits per heavy atom. The molecule has 0 saturated carbocycles. The van der Waals surface area contributed by atoms with Crippen LogP contribution in [0.15, 0.2) is 0 Å². The molecule has 0 aliphatic heterocycles. The maximum Gasteiger partial charge on any atom is -0.000473 e. The van der Waals surface area contributed by atoms with E-state index < -0.39 is 0 Å². The van der Waals surface area contributed by atoms with Crippen molar-refractivity contribution in [2.24, 2.45) is 0 Å². The van der Waals surface area contributed by atoms with Gasteiger partial charge in [0.05, 0.1) is 0 Å². The van der Waals surface area contributed by atoms with E-state index in [4.69, 9.17) is 0 Å². The first-order chi connectivity index (χ1) is 6.41. The Kier molecular flexibility index (Phi) is 19.7. The summed E-state index contributed by atoms with van der Waals surface area (Å²) in [6.07, 6.45) is 14.5. The molecule has 2 heteroatoms. The molecule has 0 spiro atoms. The molecule has 0 radical (unpaired) electrons. The third-order valence-electron chi connectivity index (χ3n) is 2.49. The highest BCUT2D eigenvalue weighted by Crippen LogP contribution is 2.10. The number of halogens is 1. The maximum atomic E-state index is 2.47. The summed E-state index contributed by atoms with van der Waals surface area (Å²) in [5.41, 5.74) is 0. The van der Waals surface area contributed by atoms with E-state index in [1.54, 1.807) is 0 Å². The average molecular weight is 313 g/mol. The van der Waals surface area contributed by atoms with Crippen LogP contribution >= 0.6 is 22.6 Å². The van der Waals surface area contributed by atoms with Crippen LogP contribution in [0.5, 0.6) is 0 Å².